The van der Waals surface area contributed by atoms with Crippen molar-refractivity contribution >= 4 is 5.91 Å². The van der Waals surface area contributed by atoms with Crippen molar-refractivity contribution in [1.82, 2.24) is 9.78 Å². The van der Waals surface area contributed by atoms with Gasteiger partial charge in [-0.2, -0.15) is 5.10 Å². The topological polar surface area (TPSA) is 34.9 Å². The molecular weight excluding hydrogens is 128 g/mol. The Labute approximate surface area is 59.7 Å². The number of aromatic nitrogens is 2. The third-order valence-corrected chi connectivity index (χ3v) is 1.37. The highest BCUT2D eigenvalue weighted by atomic mass is 16.2. The highest BCUT2D eigenvalue weighted by molar-refractivity contribution is 5.74. The molecular formula is C7H10N2O. The fraction of sp³-hybridized carbons (Fsp3) is 0.429. The number of hydrogen-bond donors (Lipinski definition) is 0. The van der Waals surface area contributed by atoms with Crippen molar-refractivity contribution in [3.8, 4) is 0 Å². The maximum Gasteiger partial charge on any atom is 0.243 e. The molecule has 1 aromatic heterocycles. The Morgan fingerprint density at radius 3 is 2.80 bits per heavy atom. The van der Waals surface area contributed by atoms with Crippen LogP contribution in [-0.2, 0) is 6.42 Å². The average Bonchev–Trinajstić information content (AvgIpc) is 2.34. The molecule has 0 bridgehead atoms. The number of aryl methyl sites for hydroxylation is 1. The second-order valence-electron chi connectivity index (χ2n) is 2.17. The van der Waals surface area contributed by atoms with Gasteiger partial charge in [-0.25, -0.2) is 4.68 Å². The van der Waals surface area contributed by atoms with E-state index in [-0.39, 0.29) is 5.91 Å². The zero-order valence-electron chi connectivity index (χ0n) is 6.16. The fourth-order valence-electron chi connectivity index (χ4n) is 0.715. The molecule has 10 heavy (non-hydrogen) atoms. The summed E-state index contributed by atoms with van der Waals surface area (Å²) in [7, 11) is 0. The van der Waals surface area contributed by atoms with Crippen molar-refractivity contribution in [2.45, 2.75) is 20.3 Å². The normalized spacial score (nSPS) is 9.80. The molecule has 0 aromatic carbocycles. The maximum absolute atomic E-state index is 10.7. The van der Waals surface area contributed by atoms with E-state index in [9.17, 15) is 4.79 Å². The second kappa shape index (κ2) is 2.64. The monoisotopic (exact) mass is 138 g/mol. The molecule has 1 heterocycles. The predicted molar refractivity (Wildman–Crippen MR) is 37.9 cm³/mol. The molecule has 54 valence electrons. The van der Waals surface area contributed by atoms with E-state index in [4.69, 9.17) is 0 Å². The molecule has 3 heteroatoms. The van der Waals surface area contributed by atoms with Crippen molar-refractivity contribution < 1.29 is 4.79 Å². The summed E-state index contributed by atoms with van der Waals surface area (Å²) in [6, 6.07) is 0. The average molecular weight is 138 g/mol. The minimum Gasteiger partial charge on any atom is -0.273 e. The molecule has 3 nitrogen and oxygen atoms in total. The standard InChI is InChI=1S/C7H10N2O/c1-3-7-4-8-9(5-7)6(2)10/h4-5H,3H2,1-2H3. The van der Waals surface area contributed by atoms with Gasteiger partial charge in [-0.05, 0) is 12.0 Å². The van der Waals surface area contributed by atoms with E-state index >= 15 is 0 Å². The Kier molecular flexibility index (Phi) is 1.85. The van der Waals surface area contributed by atoms with E-state index in [1.165, 1.54) is 11.6 Å². The van der Waals surface area contributed by atoms with Gasteiger partial charge in [0.15, 0.2) is 0 Å². The summed E-state index contributed by atoms with van der Waals surface area (Å²) in [5.74, 6) is -0.0419. The smallest absolute Gasteiger partial charge is 0.243 e. The first kappa shape index (κ1) is 6.99. The van der Waals surface area contributed by atoms with Crippen LogP contribution in [0.15, 0.2) is 12.4 Å². The molecule has 0 atom stereocenters. The van der Waals surface area contributed by atoms with Crippen LogP contribution in [0.2, 0.25) is 0 Å². The number of carbonyl (C=O) groups excluding carboxylic acids is 1. The third-order valence-electron chi connectivity index (χ3n) is 1.37. The molecule has 0 saturated heterocycles. The Hall–Kier alpha value is -1.12. The van der Waals surface area contributed by atoms with Crippen LogP contribution in [0.4, 0.5) is 0 Å². The number of rotatable bonds is 1. The largest absolute Gasteiger partial charge is 0.273 e. The van der Waals surface area contributed by atoms with Gasteiger partial charge in [0.1, 0.15) is 0 Å². The zero-order valence-corrected chi connectivity index (χ0v) is 6.16. The van der Waals surface area contributed by atoms with Crippen LogP contribution in [0.1, 0.15) is 24.2 Å². The van der Waals surface area contributed by atoms with Gasteiger partial charge in [-0.15, -0.1) is 0 Å². The number of hydrogen-bond acceptors (Lipinski definition) is 2. The minimum absolute atomic E-state index is 0.0419. The van der Waals surface area contributed by atoms with Crippen LogP contribution < -0.4 is 0 Å². The van der Waals surface area contributed by atoms with Crippen molar-refractivity contribution in [2.75, 3.05) is 0 Å². The molecule has 0 aliphatic heterocycles. The SMILES string of the molecule is CCc1cnn(C(C)=O)c1. The zero-order chi connectivity index (χ0) is 7.56. The molecule has 0 unspecified atom stereocenters. The molecule has 0 radical (unpaired) electrons. The van der Waals surface area contributed by atoms with Crippen LogP contribution >= 0.6 is 0 Å². The first-order chi connectivity index (χ1) is 4.74. The second-order valence-corrected chi connectivity index (χ2v) is 2.17. The predicted octanol–water partition coefficient (Wildman–Crippen LogP) is 1.11. The number of carbonyl (C=O) groups is 1. The Morgan fingerprint density at radius 2 is 2.50 bits per heavy atom. The fourth-order valence-corrected chi connectivity index (χ4v) is 0.715. The van der Waals surface area contributed by atoms with Gasteiger partial charge in [0.05, 0.1) is 6.20 Å². The molecule has 0 saturated carbocycles. The Bertz CT molecular complexity index is 240. The van der Waals surface area contributed by atoms with Gasteiger partial charge in [0, 0.05) is 13.1 Å². The van der Waals surface area contributed by atoms with Crippen molar-refractivity contribution in [3.63, 3.8) is 0 Å². The molecule has 0 aliphatic rings. The lowest BCUT2D eigenvalue weighted by Gasteiger charge is -1.88. The quantitative estimate of drug-likeness (QED) is 0.582. The van der Waals surface area contributed by atoms with Crippen LogP contribution in [0.25, 0.3) is 0 Å². The van der Waals surface area contributed by atoms with E-state index in [2.05, 4.69) is 5.10 Å². The lowest BCUT2D eigenvalue weighted by Crippen LogP contribution is -2.04. The first-order valence-electron chi connectivity index (χ1n) is 3.28. The van der Waals surface area contributed by atoms with Gasteiger partial charge in [0.2, 0.25) is 5.91 Å². The molecule has 0 amide bonds. The molecule has 0 fully saturated rings. The molecule has 1 aromatic rings. The first-order valence-corrected chi connectivity index (χ1v) is 3.28. The maximum atomic E-state index is 10.7. The van der Waals surface area contributed by atoms with Crippen LogP contribution in [-0.4, -0.2) is 15.7 Å². The Balaban J connectivity index is 2.88. The van der Waals surface area contributed by atoms with E-state index < -0.39 is 0 Å². The van der Waals surface area contributed by atoms with Crippen molar-refractivity contribution in [2.24, 2.45) is 0 Å². The van der Waals surface area contributed by atoms with Crippen LogP contribution in [0, 0.1) is 0 Å². The van der Waals surface area contributed by atoms with Gasteiger partial charge in [-0.3, -0.25) is 4.79 Å². The highest BCUT2D eigenvalue weighted by Crippen LogP contribution is 1.96. The molecule has 0 aliphatic carbocycles. The summed E-state index contributed by atoms with van der Waals surface area (Å²) in [4.78, 5) is 10.7. The molecule has 0 N–H and O–H groups in total. The third kappa shape index (κ3) is 1.23. The molecule has 1 rings (SSSR count). The highest BCUT2D eigenvalue weighted by Gasteiger charge is 1.98. The summed E-state index contributed by atoms with van der Waals surface area (Å²) >= 11 is 0. The van der Waals surface area contributed by atoms with E-state index in [0.717, 1.165) is 12.0 Å². The summed E-state index contributed by atoms with van der Waals surface area (Å²) in [5, 5.41) is 3.85. The van der Waals surface area contributed by atoms with Gasteiger partial charge in [0.25, 0.3) is 0 Å². The van der Waals surface area contributed by atoms with Gasteiger partial charge < -0.3 is 0 Å². The van der Waals surface area contributed by atoms with E-state index in [1.54, 1.807) is 12.4 Å². The van der Waals surface area contributed by atoms with Crippen LogP contribution in [0.5, 0.6) is 0 Å². The minimum atomic E-state index is -0.0419. The summed E-state index contributed by atoms with van der Waals surface area (Å²) < 4.78 is 1.35. The summed E-state index contributed by atoms with van der Waals surface area (Å²) in [6.45, 7) is 3.52. The van der Waals surface area contributed by atoms with Crippen LogP contribution in [0.3, 0.4) is 0 Å². The van der Waals surface area contributed by atoms with Gasteiger partial charge >= 0.3 is 0 Å². The summed E-state index contributed by atoms with van der Waals surface area (Å²) in [5.41, 5.74) is 1.09. The van der Waals surface area contributed by atoms with Gasteiger partial charge in [-0.1, -0.05) is 6.92 Å². The Morgan fingerprint density at radius 1 is 1.80 bits per heavy atom. The van der Waals surface area contributed by atoms with Crippen molar-refractivity contribution in [1.29, 1.82) is 0 Å². The van der Waals surface area contributed by atoms with Crippen molar-refractivity contribution in [3.05, 3.63) is 18.0 Å². The van der Waals surface area contributed by atoms with E-state index in [1.807, 2.05) is 6.92 Å². The summed E-state index contributed by atoms with van der Waals surface area (Å²) in [6.07, 6.45) is 4.39. The number of nitrogens with zero attached hydrogens (tertiary/aromatic N) is 2. The molecule has 0 spiro atoms. The lowest BCUT2D eigenvalue weighted by molar-refractivity contribution is 0.0921. The van der Waals surface area contributed by atoms with E-state index in [0.29, 0.717) is 0 Å². The lowest BCUT2D eigenvalue weighted by atomic mass is 10.3.